The Balaban J connectivity index is 1.55. The molecule has 1 aliphatic carbocycles. The number of furan rings is 1. The normalized spacial score (nSPS) is 20.4. The molecule has 1 saturated carbocycles. The highest BCUT2D eigenvalue weighted by Crippen LogP contribution is 2.29. The monoisotopic (exact) mass is 343 g/mol. The summed E-state index contributed by atoms with van der Waals surface area (Å²) < 4.78 is 13.5. The quantitative estimate of drug-likeness (QED) is 0.837. The Bertz CT molecular complexity index is 760. The zero-order valence-electron chi connectivity index (χ0n) is 14.9. The van der Waals surface area contributed by atoms with Gasteiger partial charge in [0.1, 0.15) is 11.5 Å². The summed E-state index contributed by atoms with van der Waals surface area (Å²) >= 11 is 0. The van der Waals surface area contributed by atoms with Crippen LogP contribution < -0.4 is 0 Å². The molecular weight excluding hydrogens is 318 g/mol. The van der Waals surface area contributed by atoms with Gasteiger partial charge in [-0.25, -0.2) is 0 Å². The van der Waals surface area contributed by atoms with Gasteiger partial charge in [0.05, 0.1) is 30.5 Å². The summed E-state index contributed by atoms with van der Waals surface area (Å²) in [5.74, 6) is 2.19. The SMILES string of the molecule is Cc1cc(C(=O)N2Cc3ccnn3CC[C@H]2COCC2CC2)c(C)o1. The van der Waals surface area contributed by atoms with E-state index >= 15 is 0 Å². The molecule has 25 heavy (non-hydrogen) atoms. The van der Waals surface area contributed by atoms with Gasteiger partial charge in [-0.15, -0.1) is 0 Å². The van der Waals surface area contributed by atoms with Crippen molar-refractivity contribution in [2.24, 2.45) is 5.92 Å². The van der Waals surface area contributed by atoms with Crippen LogP contribution in [0.4, 0.5) is 0 Å². The smallest absolute Gasteiger partial charge is 0.258 e. The van der Waals surface area contributed by atoms with Crippen LogP contribution in [-0.2, 0) is 17.8 Å². The summed E-state index contributed by atoms with van der Waals surface area (Å²) in [4.78, 5) is 15.2. The Morgan fingerprint density at radius 1 is 1.32 bits per heavy atom. The molecule has 0 saturated heterocycles. The minimum absolute atomic E-state index is 0.0176. The molecule has 6 heteroatoms. The first kappa shape index (κ1) is 16.4. The zero-order chi connectivity index (χ0) is 17.4. The van der Waals surface area contributed by atoms with Crippen LogP contribution in [0.5, 0.6) is 0 Å². The van der Waals surface area contributed by atoms with Crippen LogP contribution >= 0.6 is 0 Å². The van der Waals surface area contributed by atoms with Crippen LogP contribution in [0, 0.1) is 19.8 Å². The molecule has 1 fully saturated rings. The summed E-state index contributed by atoms with van der Waals surface area (Å²) in [5, 5.41) is 4.38. The van der Waals surface area contributed by atoms with Crippen LogP contribution in [-0.4, -0.2) is 39.8 Å². The van der Waals surface area contributed by atoms with E-state index < -0.39 is 0 Å². The summed E-state index contributed by atoms with van der Waals surface area (Å²) in [7, 11) is 0. The van der Waals surface area contributed by atoms with Crippen molar-refractivity contribution in [3.8, 4) is 0 Å². The highest BCUT2D eigenvalue weighted by molar-refractivity contribution is 5.95. The van der Waals surface area contributed by atoms with Crippen molar-refractivity contribution in [1.29, 1.82) is 0 Å². The van der Waals surface area contributed by atoms with E-state index in [0.717, 1.165) is 36.9 Å². The second-order valence-corrected chi connectivity index (χ2v) is 7.23. The van der Waals surface area contributed by atoms with Crippen molar-refractivity contribution in [3.63, 3.8) is 0 Å². The third-order valence-electron chi connectivity index (χ3n) is 5.14. The summed E-state index contributed by atoms with van der Waals surface area (Å²) in [5.41, 5.74) is 1.72. The average molecular weight is 343 g/mol. The van der Waals surface area contributed by atoms with E-state index in [1.165, 1.54) is 12.8 Å². The van der Waals surface area contributed by atoms with E-state index in [1.54, 1.807) is 6.20 Å². The molecule has 4 rings (SSSR count). The number of hydrogen-bond donors (Lipinski definition) is 0. The number of aromatic nitrogens is 2. The van der Waals surface area contributed by atoms with Gasteiger partial charge in [0.2, 0.25) is 0 Å². The molecular formula is C19H25N3O3. The number of carbonyl (C=O) groups excluding carboxylic acids is 1. The van der Waals surface area contributed by atoms with Gasteiger partial charge in [0.25, 0.3) is 5.91 Å². The van der Waals surface area contributed by atoms with E-state index in [4.69, 9.17) is 9.15 Å². The summed E-state index contributed by atoms with van der Waals surface area (Å²) in [6, 6.07) is 3.88. The highest BCUT2D eigenvalue weighted by Gasteiger charge is 2.31. The van der Waals surface area contributed by atoms with Gasteiger partial charge in [0, 0.05) is 19.3 Å². The molecule has 0 unspecified atom stereocenters. The summed E-state index contributed by atoms with van der Waals surface area (Å²) in [6.07, 6.45) is 5.20. The number of rotatable bonds is 5. The van der Waals surface area contributed by atoms with Crippen LogP contribution in [0.25, 0.3) is 0 Å². The van der Waals surface area contributed by atoms with Gasteiger partial charge in [-0.05, 0) is 51.2 Å². The molecule has 2 aromatic rings. The van der Waals surface area contributed by atoms with Crippen molar-refractivity contribution in [2.45, 2.75) is 52.2 Å². The number of amides is 1. The number of fused-ring (bicyclic) bond motifs is 1. The third kappa shape index (κ3) is 3.49. The first-order chi connectivity index (χ1) is 12.1. The van der Waals surface area contributed by atoms with Gasteiger partial charge in [-0.2, -0.15) is 5.10 Å². The molecule has 0 N–H and O–H groups in total. The number of aryl methyl sites for hydroxylation is 3. The minimum atomic E-state index is 0.0176. The lowest BCUT2D eigenvalue weighted by atomic mass is 10.1. The number of nitrogens with zero attached hydrogens (tertiary/aromatic N) is 3. The van der Waals surface area contributed by atoms with E-state index in [2.05, 4.69) is 5.10 Å². The fraction of sp³-hybridized carbons (Fsp3) is 0.579. The van der Waals surface area contributed by atoms with Crippen LogP contribution in [0.15, 0.2) is 22.7 Å². The second-order valence-electron chi connectivity index (χ2n) is 7.23. The second kappa shape index (κ2) is 6.67. The maximum Gasteiger partial charge on any atom is 0.258 e. The molecule has 6 nitrogen and oxygen atoms in total. The summed E-state index contributed by atoms with van der Waals surface area (Å²) in [6.45, 7) is 6.49. The van der Waals surface area contributed by atoms with E-state index in [1.807, 2.05) is 35.6 Å². The van der Waals surface area contributed by atoms with Crippen molar-refractivity contribution in [3.05, 3.63) is 41.1 Å². The number of hydrogen-bond acceptors (Lipinski definition) is 4. The number of ether oxygens (including phenoxy) is 1. The standard InChI is InChI=1S/C19H25N3O3/c1-13-9-18(14(2)25-13)19(23)21-10-16-5-7-20-22(16)8-6-17(21)12-24-11-15-3-4-15/h5,7,9,15,17H,3-4,6,8,10-12H2,1-2H3/t17-/m0/s1. The molecule has 0 spiro atoms. The van der Waals surface area contributed by atoms with Gasteiger partial charge in [0.15, 0.2) is 0 Å². The van der Waals surface area contributed by atoms with Gasteiger partial charge in [-0.3, -0.25) is 9.48 Å². The van der Waals surface area contributed by atoms with Gasteiger partial charge >= 0.3 is 0 Å². The molecule has 134 valence electrons. The Morgan fingerprint density at radius 3 is 2.88 bits per heavy atom. The number of carbonyl (C=O) groups is 1. The zero-order valence-corrected chi connectivity index (χ0v) is 14.9. The molecule has 0 aromatic carbocycles. The molecule has 1 aliphatic heterocycles. The molecule has 0 radical (unpaired) electrons. The largest absolute Gasteiger partial charge is 0.466 e. The molecule has 1 atom stereocenters. The Kier molecular flexibility index (Phi) is 4.37. The Hall–Kier alpha value is -2.08. The molecule has 3 heterocycles. The molecule has 2 aliphatic rings. The fourth-order valence-electron chi connectivity index (χ4n) is 3.49. The van der Waals surface area contributed by atoms with Crippen LogP contribution in [0.2, 0.25) is 0 Å². The predicted molar refractivity (Wildman–Crippen MR) is 92.2 cm³/mol. The minimum Gasteiger partial charge on any atom is -0.466 e. The van der Waals surface area contributed by atoms with Gasteiger partial charge < -0.3 is 14.1 Å². The predicted octanol–water partition coefficient (Wildman–Crippen LogP) is 2.93. The van der Waals surface area contributed by atoms with E-state index in [0.29, 0.717) is 24.5 Å². The molecule has 0 bridgehead atoms. The Morgan fingerprint density at radius 2 is 2.16 bits per heavy atom. The van der Waals surface area contributed by atoms with Gasteiger partial charge in [-0.1, -0.05) is 0 Å². The maximum absolute atomic E-state index is 13.2. The lowest BCUT2D eigenvalue weighted by Crippen LogP contribution is -2.42. The van der Waals surface area contributed by atoms with Crippen molar-refractivity contribution in [1.82, 2.24) is 14.7 Å². The average Bonchev–Trinajstić information content (AvgIpc) is 3.25. The molecule has 2 aromatic heterocycles. The first-order valence-corrected chi connectivity index (χ1v) is 9.08. The highest BCUT2D eigenvalue weighted by atomic mass is 16.5. The van der Waals surface area contributed by atoms with Crippen molar-refractivity contribution >= 4 is 5.91 Å². The topological polar surface area (TPSA) is 60.5 Å². The maximum atomic E-state index is 13.2. The Labute approximate surface area is 147 Å². The van der Waals surface area contributed by atoms with Crippen LogP contribution in [0.3, 0.4) is 0 Å². The van der Waals surface area contributed by atoms with Crippen molar-refractivity contribution < 1.29 is 13.9 Å². The molecule has 1 amide bonds. The lowest BCUT2D eigenvalue weighted by Gasteiger charge is -2.29. The first-order valence-electron chi connectivity index (χ1n) is 9.08. The lowest BCUT2D eigenvalue weighted by molar-refractivity contribution is 0.0369. The van der Waals surface area contributed by atoms with E-state index in [9.17, 15) is 4.79 Å². The fourth-order valence-corrected chi connectivity index (χ4v) is 3.49. The van der Waals surface area contributed by atoms with Crippen LogP contribution in [0.1, 0.15) is 46.8 Å². The third-order valence-corrected chi connectivity index (χ3v) is 5.14. The van der Waals surface area contributed by atoms with E-state index in [-0.39, 0.29) is 11.9 Å². The van der Waals surface area contributed by atoms with Crippen molar-refractivity contribution in [2.75, 3.05) is 13.2 Å².